The summed E-state index contributed by atoms with van der Waals surface area (Å²) in [6, 6.07) is 8.22. The molecule has 0 saturated carbocycles. The number of nitrogens with zero attached hydrogens (tertiary/aromatic N) is 2. The standard InChI is InChI=1S/C14H14N2OS/c1-3-17-12-6-4-11(5-7-12)13-10(2)18-14-15-8-9-16(13)14/h4-9H,3H2,1-2H3. The first kappa shape index (κ1) is 11.3. The molecule has 0 aliphatic heterocycles. The van der Waals surface area contributed by atoms with Gasteiger partial charge in [-0.05, 0) is 43.7 Å². The lowest BCUT2D eigenvalue weighted by molar-refractivity contribution is 0.340. The van der Waals surface area contributed by atoms with E-state index < -0.39 is 0 Å². The summed E-state index contributed by atoms with van der Waals surface area (Å²) in [5, 5.41) is 0. The van der Waals surface area contributed by atoms with Gasteiger partial charge in [0.1, 0.15) is 5.75 Å². The molecule has 0 amide bonds. The second-order valence-electron chi connectivity index (χ2n) is 4.04. The van der Waals surface area contributed by atoms with Gasteiger partial charge in [-0.15, -0.1) is 11.3 Å². The number of aromatic nitrogens is 2. The van der Waals surface area contributed by atoms with Crippen molar-refractivity contribution in [2.45, 2.75) is 13.8 Å². The molecule has 0 bridgehead atoms. The Morgan fingerprint density at radius 2 is 2.06 bits per heavy atom. The van der Waals surface area contributed by atoms with Gasteiger partial charge in [0.15, 0.2) is 4.96 Å². The predicted octanol–water partition coefficient (Wildman–Crippen LogP) is 3.77. The van der Waals surface area contributed by atoms with Crippen molar-refractivity contribution in [1.29, 1.82) is 0 Å². The van der Waals surface area contributed by atoms with E-state index in [-0.39, 0.29) is 0 Å². The van der Waals surface area contributed by atoms with Gasteiger partial charge in [-0.1, -0.05) is 0 Å². The van der Waals surface area contributed by atoms with Crippen LogP contribution in [0.4, 0.5) is 0 Å². The molecule has 18 heavy (non-hydrogen) atoms. The van der Waals surface area contributed by atoms with Crippen molar-refractivity contribution in [3.63, 3.8) is 0 Å². The van der Waals surface area contributed by atoms with Crippen molar-refractivity contribution in [3.8, 4) is 17.0 Å². The first-order valence-corrected chi connectivity index (χ1v) is 6.77. The van der Waals surface area contributed by atoms with E-state index >= 15 is 0 Å². The summed E-state index contributed by atoms with van der Waals surface area (Å²) in [6.07, 6.45) is 3.84. The van der Waals surface area contributed by atoms with E-state index in [0.717, 1.165) is 10.7 Å². The lowest BCUT2D eigenvalue weighted by Gasteiger charge is -2.05. The fraction of sp³-hybridized carbons (Fsp3) is 0.214. The van der Waals surface area contributed by atoms with E-state index in [4.69, 9.17) is 4.74 Å². The normalized spacial score (nSPS) is 11.0. The van der Waals surface area contributed by atoms with Crippen LogP contribution in [0, 0.1) is 6.92 Å². The second kappa shape index (κ2) is 4.46. The summed E-state index contributed by atoms with van der Waals surface area (Å²) in [7, 11) is 0. The Morgan fingerprint density at radius 1 is 1.28 bits per heavy atom. The van der Waals surface area contributed by atoms with Gasteiger partial charge >= 0.3 is 0 Å². The molecular weight excluding hydrogens is 244 g/mol. The molecule has 2 heterocycles. The van der Waals surface area contributed by atoms with Crippen molar-refractivity contribution in [2.75, 3.05) is 6.61 Å². The molecule has 4 heteroatoms. The Morgan fingerprint density at radius 3 is 2.78 bits per heavy atom. The van der Waals surface area contributed by atoms with Gasteiger partial charge in [0, 0.05) is 17.3 Å². The van der Waals surface area contributed by atoms with Crippen molar-refractivity contribution >= 4 is 16.3 Å². The van der Waals surface area contributed by atoms with Crippen LogP contribution in [0.1, 0.15) is 11.8 Å². The third-order valence-corrected chi connectivity index (χ3v) is 3.85. The lowest BCUT2D eigenvalue weighted by Crippen LogP contribution is -1.91. The van der Waals surface area contributed by atoms with Crippen LogP contribution in [-0.2, 0) is 0 Å². The SMILES string of the molecule is CCOc1ccc(-c2c(C)sc3nccn23)cc1. The van der Waals surface area contributed by atoms with Gasteiger partial charge in [0.2, 0.25) is 0 Å². The highest BCUT2D eigenvalue weighted by Crippen LogP contribution is 2.31. The Bertz CT molecular complexity index is 667. The first-order chi connectivity index (χ1) is 8.79. The van der Waals surface area contributed by atoms with Crippen molar-refractivity contribution < 1.29 is 4.74 Å². The van der Waals surface area contributed by atoms with Crippen molar-refractivity contribution in [1.82, 2.24) is 9.38 Å². The number of hydrogen-bond donors (Lipinski definition) is 0. The average Bonchev–Trinajstić information content (AvgIpc) is 2.91. The van der Waals surface area contributed by atoms with E-state index in [1.54, 1.807) is 11.3 Å². The number of rotatable bonds is 3. The number of benzene rings is 1. The maximum atomic E-state index is 5.46. The first-order valence-electron chi connectivity index (χ1n) is 5.95. The molecule has 0 radical (unpaired) electrons. The van der Waals surface area contributed by atoms with E-state index in [2.05, 4.69) is 28.4 Å². The van der Waals surface area contributed by atoms with E-state index in [1.165, 1.54) is 16.1 Å². The van der Waals surface area contributed by atoms with Crippen LogP contribution in [0.15, 0.2) is 36.7 Å². The number of ether oxygens (including phenoxy) is 1. The Balaban J connectivity index is 2.08. The van der Waals surface area contributed by atoms with Crippen LogP contribution in [0.25, 0.3) is 16.2 Å². The molecule has 3 aromatic rings. The van der Waals surface area contributed by atoms with Gasteiger partial charge in [-0.25, -0.2) is 4.98 Å². The average molecular weight is 258 g/mol. The third-order valence-electron chi connectivity index (χ3n) is 2.86. The van der Waals surface area contributed by atoms with Crippen LogP contribution >= 0.6 is 11.3 Å². The van der Waals surface area contributed by atoms with Crippen molar-refractivity contribution in [3.05, 3.63) is 41.5 Å². The molecule has 0 N–H and O–H groups in total. The van der Waals surface area contributed by atoms with Gasteiger partial charge in [0.05, 0.1) is 12.3 Å². The lowest BCUT2D eigenvalue weighted by atomic mass is 10.1. The zero-order valence-corrected chi connectivity index (χ0v) is 11.2. The van der Waals surface area contributed by atoms with Crippen LogP contribution in [-0.4, -0.2) is 16.0 Å². The molecule has 0 atom stereocenters. The monoisotopic (exact) mass is 258 g/mol. The molecule has 92 valence electrons. The zero-order chi connectivity index (χ0) is 12.5. The highest BCUT2D eigenvalue weighted by atomic mass is 32.1. The summed E-state index contributed by atoms with van der Waals surface area (Å²) in [5.74, 6) is 0.913. The minimum atomic E-state index is 0.697. The van der Waals surface area contributed by atoms with Crippen molar-refractivity contribution in [2.24, 2.45) is 0 Å². The van der Waals surface area contributed by atoms with Gasteiger partial charge < -0.3 is 4.74 Å². The molecule has 3 nitrogen and oxygen atoms in total. The summed E-state index contributed by atoms with van der Waals surface area (Å²) >= 11 is 1.72. The molecule has 0 fully saturated rings. The predicted molar refractivity (Wildman–Crippen MR) is 74.4 cm³/mol. The van der Waals surface area contributed by atoms with Gasteiger partial charge in [-0.2, -0.15) is 0 Å². The van der Waals surface area contributed by atoms with E-state index in [0.29, 0.717) is 6.61 Å². The Labute approximate surface area is 110 Å². The molecule has 2 aromatic heterocycles. The van der Waals surface area contributed by atoms with Crippen LogP contribution in [0.3, 0.4) is 0 Å². The highest BCUT2D eigenvalue weighted by Gasteiger charge is 2.11. The molecule has 0 aliphatic carbocycles. The molecule has 3 rings (SSSR count). The molecule has 1 aromatic carbocycles. The number of fused-ring (bicyclic) bond motifs is 1. The maximum Gasteiger partial charge on any atom is 0.194 e. The molecular formula is C14H14N2OS. The van der Waals surface area contributed by atoms with Gasteiger partial charge in [0.25, 0.3) is 0 Å². The topological polar surface area (TPSA) is 26.5 Å². The molecule has 0 saturated heterocycles. The summed E-state index contributed by atoms with van der Waals surface area (Å²) in [5.41, 5.74) is 2.41. The molecule has 0 unspecified atom stereocenters. The Hall–Kier alpha value is -1.81. The summed E-state index contributed by atoms with van der Waals surface area (Å²) < 4.78 is 7.60. The maximum absolute atomic E-state index is 5.46. The smallest absolute Gasteiger partial charge is 0.194 e. The highest BCUT2D eigenvalue weighted by molar-refractivity contribution is 7.17. The fourth-order valence-electron chi connectivity index (χ4n) is 2.11. The van der Waals surface area contributed by atoms with E-state index in [1.807, 2.05) is 31.5 Å². The van der Waals surface area contributed by atoms with Gasteiger partial charge in [-0.3, -0.25) is 4.40 Å². The second-order valence-corrected chi connectivity index (χ2v) is 5.23. The number of hydrogen-bond acceptors (Lipinski definition) is 3. The Kier molecular flexibility index (Phi) is 2.80. The number of aryl methyl sites for hydroxylation is 1. The number of imidazole rings is 1. The largest absolute Gasteiger partial charge is 0.494 e. The number of thiazole rings is 1. The molecule has 0 aliphatic rings. The van der Waals surface area contributed by atoms with E-state index in [9.17, 15) is 0 Å². The van der Waals surface area contributed by atoms with Crippen LogP contribution < -0.4 is 4.74 Å². The summed E-state index contributed by atoms with van der Waals surface area (Å²) in [4.78, 5) is 6.65. The zero-order valence-electron chi connectivity index (χ0n) is 10.4. The molecule has 0 spiro atoms. The summed E-state index contributed by atoms with van der Waals surface area (Å²) in [6.45, 7) is 4.82. The van der Waals surface area contributed by atoms with Crippen LogP contribution in [0.5, 0.6) is 5.75 Å². The minimum Gasteiger partial charge on any atom is -0.494 e. The third kappa shape index (κ3) is 1.78. The fourth-order valence-corrected chi connectivity index (χ4v) is 3.06. The van der Waals surface area contributed by atoms with Crippen LogP contribution in [0.2, 0.25) is 0 Å². The quantitative estimate of drug-likeness (QED) is 0.715. The minimum absolute atomic E-state index is 0.697.